The summed E-state index contributed by atoms with van der Waals surface area (Å²) in [6.45, 7) is 0.347. The number of aromatic amines is 1. The smallest absolute Gasteiger partial charge is 0.222 e. The Morgan fingerprint density at radius 3 is 2.64 bits per heavy atom. The number of H-pyrrole nitrogens is 1. The third-order valence-electron chi connectivity index (χ3n) is 4.03. The maximum absolute atomic E-state index is 13.6. The summed E-state index contributed by atoms with van der Waals surface area (Å²) in [4.78, 5) is 16.1. The lowest BCUT2D eigenvalue weighted by atomic mass is 10.1. The average molecular weight is 333 g/mol. The van der Waals surface area contributed by atoms with E-state index >= 15 is 0 Å². The highest BCUT2D eigenvalue weighted by molar-refractivity contribution is 5.79. The highest BCUT2D eigenvalue weighted by Gasteiger charge is 2.06. The molecule has 0 amide bonds. The fraction of sp³-hybridized carbons (Fsp3) is 0.105. The van der Waals surface area contributed by atoms with Crippen molar-refractivity contribution >= 4 is 17.0 Å². The zero-order valence-electron chi connectivity index (χ0n) is 13.4. The van der Waals surface area contributed by atoms with Gasteiger partial charge in [0.15, 0.2) is 0 Å². The van der Waals surface area contributed by atoms with Crippen molar-refractivity contribution in [3.8, 4) is 0 Å². The standard InChI is InChI=1S/C19H16FN5/c20-17-6-2-1-4-14(17)11-25-19-23-9-13(10-24-19)8-15-12-22-18-16(15)5-3-7-21-18/h1-7,9-10,12H,8,11H2,(H,21,22)(H,23,24,25). The van der Waals surface area contributed by atoms with Gasteiger partial charge in [0, 0.05) is 48.7 Å². The molecule has 0 unspecified atom stereocenters. The van der Waals surface area contributed by atoms with Gasteiger partial charge >= 0.3 is 0 Å². The Morgan fingerprint density at radius 1 is 0.960 bits per heavy atom. The van der Waals surface area contributed by atoms with E-state index in [4.69, 9.17) is 0 Å². The minimum absolute atomic E-state index is 0.237. The molecule has 25 heavy (non-hydrogen) atoms. The molecule has 124 valence electrons. The maximum Gasteiger partial charge on any atom is 0.222 e. The van der Waals surface area contributed by atoms with E-state index in [1.807, 2.05) is 18.3 Å². The summed E-state index contributed by atoms with van der Waals surface area (Å²) in [5.74, 6) is 0.243. The first-order valence-electron chi connectivity index (χ1n) is 7.99. The van der Waals surface area contributed by atoms with Crippen LogP contribution in [0.15, 0.2) is 61.2 Å². The molecule has 0 aliphatic carbocycles. The summed E-state index contributed by atoms with van der Waals surface area (Å²) < 4.78 is 13.6. The van der Waals surface area contributed by atoms with E-state index < -0.39 is 0 Å². The molecule has 3 aromatic heterocycles. The molecule has 0 aliphatic rings. The topological polar surface area (TPSA) is 66.5 Å². The van der Waals surface area contributed by atoms with Crippen molar-refractivity contribution in [2.45, 2.75) is 13.0 Å². The van der Waals surface area contributed by atoms with Gasteiger partial charge in [-0.2, -0.15) is 0 Å². The third kappa shape index (κ3) is 3.33. The summed E-state index contributed by atoms with van der Waals surface area (Å²) in [7, 11) is 0. The number of aromatic nitrogens is 4. The summed E-state index contributed by atoms with van der Waals surface area (Å²) in [6, 6.07) is 10.6. The second-order valence-electron chi connectivity index (χ2n) is 5.75. The van der Waals surface area contributed by atoms with Gasteiger partial charge in [0.1, 0.15) is 11.5 Å². The first-order valence-corrected chi connectivity index (χ1v) is 7.99. The number of fused-ring (bicyclic) bond motifs is 1. The lowest BCUT2D eigenvalue weighted by Crippen LogP contribution is -2.05. The number of anilines is 1. The molecular weight excluding hydrogens is 317 g/mol. The van der Waals surface area contributed by atoms with Crippen LogP contribution < -0.4 is 5.32 Å². The van der Waals surface area contributed by atoms with Crippen LogP contribution in [0.3, 0.4) is 0 Å². The minimum Gasteiger partial charge on any atom is -0.350 e. The molecule has 5 nitrogen and oxygen atoms in total. The molecule has 0 aliphatic heterocycles. The van der Waals surface area contributed by atoms with E-state index in [-0.39, 0.29) is 5.82 Å². The zero-order valence-corrected chi connectivity index (χ0v) is 13.4. The zero-order chi connectivity index (χ0) is 17.1. The molecule has 0 fully saturated rings. The fourth-order valence-corrected chi connectivity index (χ4v) is 2.73. The molecule has 2 N–H and O–H groups in total. The molecule has 4 rings (SSSR count). The first kappa shape index (κ1) is 15.3. The number of hydrogen-bond donors (Lipinski definition) is 2. The third-order valence-corrected chi connectivity index (χ3v) is 4.03. The van der Waals surface area contributed by atoms with Crippen molar-refractivity contribution in [2.24, 2.45) is 0 Å². The molecule has 0 saturated heterocycles. The number of nitrogens with one attached hydrogen (secondary N) is 2. The molecule has 4 aromatic rings. The molecule has 0 bridgehead atoms. The van der Waals surface area contributed by atoms with Gasteiger partial charge in [0.05, 0.1) is 0 Å². The van der Waals surface area contributed by atoms with Crippen molar-refractivity contribution in [1.82, 2.24) is 19.9 Å². The summed E-state index contributed by atoms with van der Waals surface area (Å²) in [6.07, 6.45) is 8.01. The van der Waals surface area contributed by atoms with E-state index in [0.29, 0.717) is 18.1 Å². The Hall–Kier alpha value is -3.28. The van der Waals surface area contributed by atoms with Gasteiger partial charge in [0.25, 0.3) is 0 Å². The van der Waals surface area contributed by atoms with Crippen LogP contribution in [0.4, 0.5) is 10.3 Å². The van der Waals surface area contributed by atoms with Crippen LogP contribution in [0.25, 0.3) is 11.0 Å². The van der Waals surface area contributed by atoms with E-state index in [0.717, 1.165) is 28.6 Å². The van der Waals surface area contributed by atoms with Crippen molar-refractivity contribution in [1.29, 1.82) is 0 Å². The van der Waals surface area contributed by atoms with Gasteiger partial charge in [-0.15, -0.1) is 0 Å². The number of benzene rings is 1. The Morgan fingerprint density at radius 2 is 1.80 bits per heavy atom. The van der Waals surface area contributed by atoms with Gasteiger partial charge in [-0.05, 0) is 29.3 Å². The van der Waals surface area contributed by atoms with E-state index in [9.17, 15) is 4.39 Å². The van der Waals surface area contributed by atoms with Crippen LogP contribution in [0.5, 0.6) is 0 Å². The summed E-state index contributed by atoms with van der Waals surface area (Å²) >= 11 is 0. The van der Waals surface area contributed by atoms with E-state index in [1.165, 1.54) is 6.07 Å². The highest BCUT2D eigenvalue weighted by Crippen LogP contribution is 2.19. The lowest BCUT2D eigenvalue weighted by molar-refractivity contribution is 0.612. The van der Waals surface area contributed by atoms with Crippen molar-refractivity contribution in [3.05, 3.63) is 83.7 Å². The summed E-state index contributed by atoms with van der Waals surface area (Å²) in [5, 5.41) is 4.14. The number of nitrogens with zero attached hydrogens (tertiary/aromatic N) is 3. The quantitative estimate of drug-likeness (QED) is 0.584. The highest BCUT2D eigenvalue weighted by atomic mass is 19.1. The van der Waals surface area contributed by atoms with Crippen molar-refractivity contribution in [2.75, 3.05) is 5.32 Å². The van der Waals surface area contributed by atoms with Crippen LogP contribution in [-0.4, -0.2) is 19.9 Å². The largest absolute Gasteiger partial charge is 0.350 e. The molecule has 0 spiro atoms. The molecule has 3 heterocycles. The van der Waals surface area contributed by atoms with Crippen LogP contribution in [-0.2, 0) is 13.0 Å². The molecule has 6 heteroatoms. The molecule has 0 atom stereocenters. The van der Waals surface area contributed by atoms with Crippen LogP contribution in [0.1, 0.15) is 16.7 Å². The molecular formula is C19H16FN5. The maximum atomic E-state index is 13.6. The fourth-order valence-electron chi connectivity index (χ4n) is 2.73. The SMILES string of the molecule is Fc1ccccc1CNc1ncc(Cc2c[nH]c3ncccc23)cn1. The van der Waals surface area contributed by atoms with E-state index in [1.54, 1.807) is 36.8 Å². The van der Waals surface area contributed by atoms with Crippen LogP contribution >= 0.6 is 0 Å². The normalized spacial score (nSPS) is 10.9. The number of pyridine rings is 1. The molecule has 0 saturated carbocycles. The summed E-state index contributed by atoms with van der Waals surface area (Å²) in [5.41, 5.74) is 3.61. The van der Waals surface area contributed by atoms with Gasteiger partial charge in [-0.25, -0.2) is 19.3 Å². The average Bonchev–Trinajstić information content (AvgIpc) is 3.05. The van der Waals surface area contributed by atoms with Crippen LogP contribution in [0.2, 0.25) is 0 Å². The number of rotatable bonds is 5. The number of halogens is 1. The van der Waals surface area contributed by atoms with Gasteiger partial charge in [-0.3, -0.25) is 0 Å². The monoisotopic (exact) mass is 333 g/mol. The van der Waals surface area contributed by atoms with Gasteiger partial charge in [0.2, 0.25) is 5.95 Å². The second-order valence-corrected chi connectivity index (χ2v) is 5.75. The first-order chi connectivity index (χ1) is 12.3. The van der Waals surface area contributed by atoms with Gasteiger partial charge in [-0.1, -0.05) is 18.2 Å². The van der Waals surface area contributed by atoms with Crippen molar-refractivity contribution < 1.29 is 4.39 Å². The second kappa shape index (κ2) is 6.68. The van der Waals surface area contributed by atoms with Gasteiger partial charge < -0.3 is 10.3 Å². The predicted octanol–water partition coefficient (Wildman–Crippen LogP) is 3.69. The molecule has 0 radical (unpaired) electrons. The molecule has 1 aromatic carbocycles. The van der Waals surface area contributed by atoms with Crippen LogP contribution in [0, 0.1) is 5.82 Å². The number of hydrogen-bond acceptors (Lipinski definition) is 4. The predicted molar refractivity (Wildman–Crippen MR) is 94.7 cm³/mol. The minimum atomic E-state index is -0.237. The Bertz CT molecular complexity index is 994. The Labute approximate surface area is 144 Å². The Balaban J connectivity index is 1.44. The Kier molecular flexibility index (Phi) is 4.08. The lowest BCUT2D eigenvalue weighted by Gasteiger charge is -2.06. The van der Waals surface area contributed by atoms with E-state index in [2.05, 4.69) is 25.3 Å². The van der Waals surface area contributed by atoms with Crippen molar-refractivity contribution in [3.63, 3.8) is 0 Å².